The number of guanidine groups is 1. The van der Waals surface area contributed by atoms with Gasteiger partial charge in [0.1, 0.15) is 0 Å². The zero-order chi connectivity index (χ0) is 21.4. The van der Waals surface area contributed by atoms with E-state index < -0.39 is 10.0 Å². The Kier molecular flexibility index (Phi) is 11.6. The highest BCUT2D eigenvalue weighted by Gasteiger charge is 2.31. The number of hydrogen-bond acceptors (Lipinski definition) is 5. The second-order valence-corrected chi connectivity index (χ2v) is 9.51. The number of halogens is 1. The Morgan fingerprint density at radius 2 is 2.07 bits per heavy atom. The molecule has 0 saturated carbocycles. The topological polar surface area (TPSA) is 95.1 Å². The number of likely N-dealkylation sites (tertiary alicyclic amines) is 1. The van der Waals surface area contributed by atoms with Crippen LogP contribution in [0.25, 0.3) is 0 Å². The molecular weight excluding hydrogens is 517 g/mol. The van der Waals surface area contributed by atoms with Gasteiger partial charge in [0, 0.05) is 52.4 Å². The number of rotatable bonds is 9. The molecule has 2 unspecified atom stereocenters. The van der Waals surface area contributed by atoms with Crippen molar-refractivity contribution in [3.05, 3.63) is 29.8 Å². The Morgan fingerprint density at radius 1 is 1.33 bits per heavy atom. The predicted octanol–water partition coefficient (Wildman–Crippen LogP) is 1.62. The first kappa shape index (κ1) is 27.1. The summed E-state index contributed by atoms with van der Waals surface area (Å²) >= 11 is 0. The van der Waals surface area contributed by atoms with E-state index in [0.29, 0.717) is 31.2 Å². The molecule has 3 N–H and O–H groups in total. The molecule has 0 aliphatic carbocycles. The summed E-state index contributed by atoms with van der Waals surface area (Å²) < 4.78 is 32.2. The number of sulfonamides is 1. The molecule has 30 heavy (non-hydrogen) atoms. The average Bonchev–Trinajstić information content (AvgIpc) is 3.06. The molecule has 8 nitrogen and oxygen atoms in total. The zero-order valence-electron chi connectivity index (χ0n) is 18.5. The van der Waals surface area contributed by atoms with Gasteiger partial charge in [0.25, 0.3) is 0 Å². The fraction of sp³-hybridized carbons (Fsp3) is 0.650. The Hall–Kier alpha value is -0.950. The standard InChI is InChI=1S/C20H35N5O3S.HI/c1-15(2)25-13-16(3)19(14-25)24-20(21-4)22-12-17-7-6-8-18(11-17)29(26,27)23-9-10-28-5;/h6-8,11,15-16,19,23H,9-10,12-14H2,1-5H3,(H2,21,22,24);1H. The van der Waals surface area contributed by atoms with Crippen molar-refractivity contribution in [2.75, 3.05) is 40.4 Å². The minimum absolute atomic E-state index is 0. The van der Waals surface area contributed by atoms with Crippen molar-refractivity contribution in [2.45, 2.75) is 44.3 Å². The highest BCUT2D eigenvalue weighted by Crippen LogP contribution is 2.18. The predicted molar refractivity (Wildman–Crippen MR) is 132 cm³/mol. The molecular formula is C20H36IN5O3S. The molecule has 0 spiro atoms. The molecule has 1 aromatic carbocycles. The number of hydrogen-bond donors (Lipinski definition) is 3. The molecule has 0 aromatic heterocycles. The Morgan fingerprint density at radius 3 is 2.67 bits per heavy atom. The van der Waals surface area contributed by atoms with E-state index >= 15 is 0 Å². The highest BCUT2D eigenvalue weighted by atomic mass is 127. The second kappa shape index (κ2) is 12.8. The van der Waals surface area contributed by atoms with Crippen LogP contribution in [0.1, 0.15) is 26.3 Å². The Labute approximate surface area is 198 Å². The lowest BCUT2D eigenvalue weighted by atomic mass is 10.1. The van der Waals surface area contributed by atoms with Crippen LogP contribution in [-0.4, -0.2) is 71.8 Å². The summed E-state index contributed by atoms with van der Waals surface area (Å²) in [4.78, 5) is 7.03. The molecule has 1 aliphatic rings. The first-order chi connectivity index (χ1) is 13.8. The zero-order valence-corrected chi connectivity index (χ0v) is 21.7. The van der Waals surface area contributed by atoms with Crippen LogP contribution >= 0.6 is 24.0 Å². The van der Waals surface area contributed by atoms with Crippen molar-refractivity contribution in [1.29, 1.82) is 0 Å². The summed E-state index contributed by atoms with van der Waals surface area (Å²) in [6, 6.07) is 7.77. The van der Waals surface area contributed by atoms with Gasteiger partial charge in [-0.25, -0.2) is 13.1 Å². The molecule has 10 heteroatoms. The van der Waals surface area contributed by atoms with E-state index in [2.05, 4.69) is 46.0 Å². The van der Waals surface area contributed by atoms with Gasteiger partial charge in [0.05, 0.1) is 11.5 Å². The van der Waals surface area contributed by atoms with E-state index in [-0.39, 0.29) is 35.4 Å². The van der Waals surface area contributed by atoms with Crippen molar-refractivity contribution in [1.82, 2.24) is 20.3 Å². The molecule has 1 aliphatic heterocycles. The minimum atomic E-state index is -3.55. The molecule has 0 bridgehead atoms. The quantitative estimate of drug-likeness (QED) is 0.186. The number of nitrogens with one attached hydrogen (secondary N) is 3. The van der Waals surface area contributed by atoms with Gasteiger partial charge >= 0.3 is 0 Å². The lowest BCUT2D eigenvalue weighted by Gasteiger charge is -2.22. The molecule has 0 radical (unpaired) electrons. The molecule has 1 saturated heterocycles. The van der Waals surface area contributed by atoms with Gasteiger partial charge < -0.3 is 15.4 Å². The van der Waals surface area contributed by atoms with Crippen molar-refractivity contribution >= 4 is 40.0 Å². The van der Waals surface area contributed by atoms with Crippen molar-refractivity contribution in [3.8, 4) is 0 Å². The second-order valence-electron chi connectivity index (χ2n) is 7.74. The molecule has 172 valence electrons. The molecule has 1 aromatic rings. The number of methoxy groups -OCH3 is 1. The highest BCUT2D eigenvalue weighted by molar-refractivity contribution is 14.0. The van der Waals surface area contributed by atoms with Crippen LogP contribution in [-0.2, 0) is 21.3 Å². The fourth-order valence-corrected chi connectivity index (χ4v) is 4.44. The average molecular weight is 554 g/mol. The van der Waals surface area contributed by atoms with Crippen molar-refractivity contribution in [3.63, 3.8) is 0 Å². The maximum absolute atomic E-state index is 12.4. The van der Waals surface area contributed by atoms with Crippen molar-refractivity contribution in [2.24, 2.45) is 10.9 Å². The van der Waals surface area contributed by atoms with E-state index in [0.717, 1.165) is 24.6 Å². The smallest absolute Gasteiger partial charge is 0.240 e. The van der Waals surface area contributed by atoms with Crippen LogP contribution in [0.4, 0.5) is 0 Å². The number of aliphatic imine (C=N–C) groups is 1. The van der Waals surface area contributed by atoms with E-state index in [1.807, 2.05) is 6.07 Å². The van der Waals surface area contributed by atoms with Crippen LogP contribution in [0.5, 0.6) is 0 Å². The third kappa shape index (κ3) is 7.95. The van der Waals surface area contributed by atoms with Gasteiger partial charge in [0.2, 0.25) is 10.0 Å². The normalized spacial score (nSPS) is 20.3. The van der Waals surface area contributed by atoms with E-state index in [1.165, 1.54) is 7.11 Å². The summed E-state index contributed by atoms with van der Waals surface area (Å²) in [5.41, 5.74) is 0.867. The number of ether oxygens (including phenoxy) is 1. The van der Waals surface area contributed by atoms with Crippen molar-refractivity contribution < 1.29 is 13.2 Å². The number of nitrogens with zero attached hydrogens (tertiary/aromatic N) is 2. The van der Waals surface area contributed by atoms with Crippen LogP contribution in [0.3, 0.4) is 0 Å². The molecule has 2 atom stereocenters. The summed E-state index contributed by atoms with van der Waals surface area (Å²) in [5.74, 6) is 1.25. The molecule has 2 rings (SSSR count). The van der Waals surface area contributed by atoms with E-state index in [1.54, 1.807) is 25.2 Å². The fourth-order valence-electron chi connectivity index (χ4n) is 3.35. The maximum Gasteiger partial charge on any atom is 0.240 e. The van der Waals surface area contributed by atoms with Crippen LogP contribution in [0, 0.1) is 5.92 Å². The first-order valence-corrected chi connectivity index (χ1v) is 11.5. The van der Waals surface area contributed by atoms with Gasteiger partial charge in [-0.2, -0.15) is 0 Å². The first-order valence-electron chi connectivity index (χ1n) is 10.1. The summed E-state index contributed by atoms with van der Waals surface area (Å²) in [7, 11) is -0.267. The molecule has 1 heterocycles. The van der Waals surface area contributed by atoms with Crippen LogP contribution in [0.2, 0.25) is 0 Å². The summed E-state index contributed by atoms with van der Waals surface area (Å²) in [6.45, 7) is 9.79. The van der Waals surface area contributed by atoms with Crippen LogP contribution in [0.15, 0.2) is 34.2 Å². The molecule has 0 amide bonds. The lowest BCUT2D eigenvalue weighted by molar-refractivity contribution is 0.204. The summed E-state index contributed by atoms with van der Waals surface area (Å²) in [5, 5.41) is 6.80. The maximum atomic E-state index is 12.4. The van der Waals surface area contributed by atoms with Gasteiger partial charge in [-0.05, 0) is 37.5 Å². The largest absolute Gasteiger partial charge is 0.383 e. The van der Waals surface area contributed by atoms with Crippen LogP contribution < -0.4 is 15.4 Å². The molecule has 1 fully saturated rings. The number of benzene rings is 1. The van der Waals surface area contributed by atoms with Gasteiger partial charge in [0.15, 0.2) is 5.96 Å². The third-order valence-corrected chi connectivity index (χ3v) is 6.64. The Bertz CT molecular complexity index is 788. The third-order valence-electron chi connectivity index (χ3n) is 5.18. The Balaban J connectivity index is 0.00000450. The van der Waals surface area contributed by atoms with Gasteiger partial charge in [-0.15, -0.1) is 24.0 Å². The SMILES string of the molecule is CN=C(NCc1cccc(S(=O)(=O)NCCOC)c1)NC1CN(C(C)C)CC1C.I. The van der Waals surface area contributed by atoms with Gasteiger partial charge in [-0.3, -0.25) is 9.89 Å². The monoisotopic (exact) mass is 553 g/mol. The summed E-state index contributed by atoms with van der Waals surface area (Å²) in [6.07, 6.45) is 0. The van der Waals surface area contributed by atoms with E-state index in [4.69, 9.17) is 4.74 Å². The van der Waals surface area contributed by atoms with Gasteiger partial charge in [-0.1, -0.05) is 19.1 Å². The minimum Gasteiger partial charge on any atom is -0.383 e. The lowest BCUT2D eigenvalue weighted by Crippen LogP contribution is -2.46. The van der Waals surface area contributed by atoms with E-state index in [9.17, 15) is 8.42 Å².